The van der Waals surface area contributed by atoms with Crippen molar-refractivity contribution in [2.24, 2.45) is 0 Å². The molecule has 4 heterocycles. The molecule has 10 nitrogen and oxygen atoms in total. The van der Waals surface area contributed by atoms with E-state index < -0.39 is 17.9 Å². The SMILES string of the molecule is C[C@H]1CN(C(=O)OC(C)(C)C(F)(F)F)CCN1c1ncnc2c1c(-c1cncnc1)cn2-c1cccc(C#N)c1. The topological polar surface area (TPSA) is 113 Å². The standard InChI is InChI=1S/C27H25F3N8O2/c1-17-13-36(25(39)40-26(2,3)27(28,29)30)7-8-37(17)23-22-21(19-11-32-15-33-12-19)14-38(24(22)35-16-34-23)20-6-4-5-18(9-20)10-31/h4-6,9,11-12,14-17H,7-8,13H2,1-3H3/t17-/m0/s1. The van der Waals surface area contributed by atoms with Crippen LogP contribution in [0, 0.1) is 11.3 Å². The number of ether oxygens (including phenoxy) is 1. The second kappa shape index (κ2) is 10.1. The number of halogens is 3. The number of carbonyl (C=O) groups is 1. The summed E-state index contributed by atoms with van der Waals surface area (Å²) in [6, 6.07) is 8.95. The Hall–Kier alpha value is -4.73. The minimum absolute atomic E-state index is 0.132. The number of anilines is 1. The van der Waals surface area contributed by atoms with Gasteiger partial charge in [0.25, 0.3) is 0 Å². The van der Waals surface area contributed by atoms with E-state index in [2.05, 4.69) is 26.0 Å². The molecule has 1 fully saturated rings. The molecule has 1 aromatic carbocycles. The maximum absolute atomic E-state index is 13.3. The zero-order valence-electron chi connectivity index (χ0n) is 21.9. The Morgan fingerprint density at radius 1 is 1.12 bits per heavy atom. The van der Waals surface area contributed by atoms with E-state index in [0.717, 1.165) is 30.7 Å². The van der Waals surface area contributed by atoms with Gasteiger partial charge in [-0.2, -0.15) is 18.4 Å². The van der Waals surface area contributed by atoms with Crippen molar-refractivity contribution in [3.05, 3.63) is 61.1 Å². The third-order valence-electron chi connectivity index (χ3n) is 6.87. The third-order valence-corrected chi connectivity index (χ3v) is 6.87. The lowest BCUT2D eigenvalue weighted by Crippen LogP contribution is -2.56. The lowest BCUT2D eigenvalue weighted by molar-refractivity contribution is -0.246. The largest absolute Gasteiger partial charge is 0.434 e. The Bertz CT molecular complexity index is 1600. The Morgan fingerprint density at radius 3 is 2.55 bits per heavy atom. The number of fused-ring (bicyclic) bond motifs is 1. The minimum atomic E-state index is -4.69. The average molecular weight is 551 g/mol. The van der Waals surface area contributed by atoms with E-state index >= 15 is 0 Å². The number of alkyl halides is 3. The number of nitriles is 1. The summed E-state index contributed by atoms with van der Waals surface area (Å²) in [7, 11) is 0. The van der Waals surface area contributed by atoms with Crippen LogP contribution in [0.5, 0.6) is 0 Å². The van der Waals surface area contributed by atoms with Crippen LogP contribution < -0.4 is 4.90 Å². The lowest BCUT2D eigenvalue weighted by Gasteiger charge is -2.41. The molecule has 0 saturated carbocycles. The van der Waals surface area contributed by atoms with Crippen molar-refractivity contribution in [2.75, 3.05) is 24.5 Å². The van der Waals surface area contributed by atoms with Gasteiger partial charge in [-0.3, -0.25) is 0 Å². The summed E-state index contributed by atoms with van der Waals surface area (Å²) in [6.07, 6.45) is 2.38. The molecular weight excluding hydrogens is 525 g/mol. The van der Waals surface area contributed by atoms with Crippen molar-refractivity contribution in [1.82, 2.24) is 29.4 Å². The summed E-state index contributed by atoms with van der Waals surface area (Å²) in [5.74, 6) is 0.593. The first-order valence-electron chi connectivity index (χ1n) is 12.4. The Morgan fingerprint density at radius 2 is 1.88 bits per heavy atom. The summed E-state index contributed by atoms with van der Waals surface area (Å²) in [4.78, 5) is 33.4. The van der Waals surface area contributed by atoms with Gasteiger partial charge >= 0.3 is 12.3 Å². The zero-order valence-corrected chi connectivity index (χ0v) is 21.9. The highest BCUT2D eigenvalue weighted by atomic mass is 19.4. The first kappa shape index (κ1) is 26.9. The number of rotatable bonds is 4. The summed E-state index contributed by atoms with van der Waals surface area (Å²) in [6.45, 7) is 4.09. The summed E-state index contributed by atoms with van der Waals surface area (Å²) in [5, 5.41) is 10.1. The van der Waals surface area contributed by atoms with Crippen LogP contribution in [0.3, 0.4) is 0 Å². The van der Waals surface area contributed by atoms with Crippen LogP contribution in [-0.2, 0) is 4.74 Å². The van der Waals surface area contributed by atoms with Gasteiger partial charge in [-0.05, 0) is 39.0 Å². The van der Waals surface area contributed by atoms with Gasteiger partial charge in [0.1, 0.15) is 18.5 Å². The molecule has 1 atom stereocenters. The number of hydrogen-bond acceptors (Lipinski definition) is 8. The second-order valence-corrected chi connectivity index (χ2v) is 9.96. The van der Waals surface area contributed by atoms with E-state index in [1.165, 1.54) is 17.6 Å². The highest BCUT2D eigenvalue weighted by Gasteiger charge is 2.51. The number of aromatic nitrogens is 5. The molecule has 4 aromatic rings. The molecule has 0 unspecified atom stereocenters. The van der Waals surface area contributed by atoms with Crippen molar-refractivity contribution >= 4 is 22.9 Å². The smallest absolute Gasteiger partial charge is 0.427 e. The highest BCUT2D eigenvalue weighted by Crippen LogP contribution is 2.38. The average Bonchev–Trinajstić information content (AvgIpc) is 3.33. The second-order valence-electron chi connectivity index (χ2n) is 9.96. The van der Waals surface area contributed by atoms with Crippen LogP contribution >= 0.6 is 0 Å². The van der Waals surface area contributed by atoms with Crippen molar-refractivity contribution in [3.8, 4) is 22.9 Å². The number of piperazine rings is 1. The number of carbonyl (C=O) groups excluding carboxylic acids is 1. The van der Waals surface area contributed by atoms with Gasteiger partial charge in [0.05, 0.1) is 17.0 Å². The van der Waals surface area contributed by atoms with Crippen LogP contribution in [0.2, 0.25) is 0 Å². The van der Waals surface area contributed by atoms with Crippen LogP contribution in [-0.4, -0.2) is 72.9 Å². The quantitative estimate of drug-likeness (QED) is 0.358. The van der Waals surface area contributed by atoms with Crippen molar-refractivity contribution < 1.29 is 22.7 Å². The summed E-state index contributed by atoms with van der Waals surface area (Å²) < 4.78 is 46.5. The predicted molar refractivity (Wildman–Crippen MR) is 140 cm³/mol. The molecule has 40 heavy (non-hydrogen) atoms. The first-order valence-corrected chi connectivity index (χ1v) is 12.4. The number of amides is 1. The molecule has 3 aromatic heterocycles. The number of nitrogens with zero attached hydrogens (tertiary/aromatic N) is 8. The zero-order chi connectivity index (χ0) is 28.7. The minimum Gasteiger partial charge on any atom is -0.434 e. The van der Waals surface area contributed by atoms with Gasteiger partial charge in [0.15, 0.2) is 5.65 Å². The van der Waals surface area contributed by atoms with E-state index in [1.807, 2.05) is 28.7 Å². The monoisotopic (exact) mass is 550 g/mol. The van der Waals surface area contributed by atoms with Gasteiger partial charge in [0, 0.05) is 61.1 Å². The summed E-state index contributed by atoms with van der Waals surface area (Å²) >= 11 is 0. The number of hydrogen-bond donors (Lipinski definition) is 0. The molecule has 5 rings (SSSR count). The molecule has 0 N–H and O–H groups in total. The van der Waals surface area contributed by atoms with Crippen molar-refractivity contribution in [1.29, 1.82) is 5.26 Å². The van der Waals surface area contributed by atoms with Gasteiger partial charge < -0.3 is 19.1 Å². The van der Waals surface area contributed by atoms with Crippen LogP contribution in [0.15, 0.2) is 55.5 Å². The van der Waals surface area contributed by atoms with E-state index in [-0.39, 0.29) is 19.1 Å². The fourth-order valence-corrected chi connectivity index (χ4v) is 4.62. The molecule has 1 aliphatic heterocycles. The highest BCUT2D eigenvalue weighted by molar-refractivity contribution is 6.02. The van der Waals surface area contributed by atoms with Gasteiger partial charge in [-0.15, -0.1) is 0 Å². The number of benzene rings is 1. The fraction of sp³-hybridized carbons (Fsp3) is 0.333. The van der Waals surface area contributed by atoms with E-state index in [4.69, 9.17) is 4.74 Å². The molecule has 0 aliphatic carbocycles. The molecule has 1 aliphatic rings. The lowest BCUT2D eigenvalue weighted by atomic mass is 10.1. The Labute approximate surface area is 227 Å². The molecule has 0 spiro atoms. The Kier molecular flexibility index (Phi) is 6.79. The fourth-order valence-electron chi connectivity index (χ4n) is 4.62. The summed E-state index contributed by atoms with van der Waals surface area (Å²) in [5.41, 5.74) is 0.674. The maximum Gasteiger partial charge on any atom is 0.427 e. The first-order chi connectivity index (χ1) is 19.0. The van der Waals surface area contributed by atoms with Crippen molar-refractivity contribution in [2.45, 2.75) is 38.6 Å². The molecule has 0 bridgehead atoms. The van der Waals surface area contributed by atoms with Crippen molar-refractivity contribution in [3.63, 3.8) is 0 Å². The molecule has 0 radical (unpaired) electrons. The van der Waals surface area contributed by atoms with E-state index in [9.17, 15) is 23.2 Å². The van der Waals surface area contributed by atoms with Crippen LogP contribution in [0.25, 0.3) is 27.8 Å². The predicted octanol–water partition coefficient (Wildman–Crippen LogP) is 4.74. The molecule has 1 amide bonds. The van der Waals surface area contributed by atoms with Gasteiger partial charge in [-0.1, -0.05) is 6.07 Å². The molecule has 206 valence electrons. The normalized spacial score (nSPS) is 16.2. The molecule has 1 saturated heterocycles. The maximum atomic E-state index is 13.3. The van der Waals surface area contributed by atoms with E-state index in [0.29, 0.717) is 29.0 Å². The van der Waals surface area contributed by atoms with E-state index in [1.54, 1.807) is 30.6 Å². The molecule has 13 heteroatoms. The van der Waals surface area contributed by atoms with Gasteiger partial charge in [-0.25, -0.2) is 24.7 Å². The van der Waals surface area contributed by atoms with Gasteiger partial charge in [0.2, 0.25) is 5.60 Å². The molecular formula is C27H25F3N8O2. The Balaban J connectivity index is 1.53. The third kappa shape index (κ3) is 4.88. The van der Waals surface area contributed by atoms with Crippen LogP contribution in [0.4, 0.5) is 23.8 Å². The van der Waals surface area contributed by atoms with Crippen LogP contribution in [0.1, 0.15) is 26.3 Å².